The molecule has 1 heterocycles. The monoisotopic (exact) mass is 475 g/mol. The molecule has 7 nitrogen and oxygen atoms in total. The maximum Gasteiger partial charge on any atom is 0.337 e. The van der Waals surface area contributed by atoms with Gasteiger partial charge in [-0.3, -0.25) is 4.79 Å². The Balaban J connectivity index is 1.66. The fraction of sp³-hybridized carbons (Fsp3) is 0.286. The minimum absolute atomic E-state index is 0.0555. The maximum atomic E-state index is 13.5. The SMILES string of the molecule is COC(=O)c1ccc(OCC2c3cc(OC)c(OC)cc3CCN2C(=O)c2ccc(C)cc2)cc1. The van der Waals surface area contributed by atoms with Crippen molar-refractivity contribution < 1.29 is 28.5 Å². The van der Waals surface area contributed by atoms with E-state index in [1.807, 2.05) is 48.2 Å². The van der Waals surface area contributed by atoms with Gasteiger partial charge in [0.25, 0.3) is 5.91 Å². The van der Waals surface area contributed by atoms with E-state index in [-0.39, 0.29) is 18.6 Å². The Morgan fingerprint density at radius 3 is 2.14 bits per heavy atom. The number of amides is 1. The summed E-state index contributed by atoms with van der Waals surface area (Å²) in [6.45, 7) is 2.77. The fourth-order valence-electron chi connectivity index (χ4n) is 4.29. The third kappa shape index (κ3) is 5.09. The molecule has 0 spiro atoms. The Bertz CT molecular complexity index is 1200. The molecule has 0 N–H and O–H groups in total. The van der Waals surface area contributed by atoms with Crippen LogP contribution in [0.3, 0.4) is 0 Å². The van der Waals surface area contributed by atoms with Crippen LogP contribution in [0.15, 0.2) is 60.7 Å². The van der Waals surface area contributed by atoms with Gasteiger partial charge in [0.05, 0.1) is 32.9 Å². The van der Waals surface area contributed by atoms with Crippen molar-refractivity contribution in [2.75, 3.05) is 34.5 Å². The average Bonchev–Trinajstić information content (AvgIpc) is 2.90. The van der Waals surface area contributed by atoms with Gasteiger partial charge in [0.2, 0.25) is 0 Å². The molecular formula is C28H29NO6. The molecule has 0 aromatic heterocycles. The Morgan fingerprint density at radius 2 is 1.51 bits per heavy atom. The van der Waals surface area contributed by atoms with Crippen molar-refractivity contribution in [3.63, 3.8) is 0 Å². The van der Waals surface area contributed by atoms with Gasteiger partial charge in [-0.15, -0.1) is 0 Å². The molecular weight excluding hydrogens is 446 g/mol. The van der Waals surface area contributed by atoms with Crippen LogP contribution in [0, 0.1) is 6.92 Å². The molecule has 1 amide bonds. The standard InChI is InChI=1S/C28H29NO6/c1-18-5-7-19(8-6-18)27(30)29-14-13-21-15-25(32-2)26(33-3)16-23(21)24(29)17-35-22-11-9-20(10-12-22)28(31)34-4/h5-12,15-16,24H,13-14,17H2,1-4H3. The van der Waals surface area contributed by atoms with E-state index in [1.165, 1.54) is 7.11 Å². The van der Waals surface area contributed by atoms with E-state index in [0.29, 0.717) is 41.3 Å². The minimum atomic E-state index is -0.409. The molecule has 1 aliphatic heterocycles. The molecule has 35 heavy (non-hydrogen) atoms. The number of nitrogens with zero attached hydrogens (tertiary/aromatic N) is 1. The van der Waals surface area contributed by atoms with Crippen LogP contribution >= 0.6 is 0 Å². The van der Waals surface area contributed by atoms with Gasteiger partial charge in [0, 0.05) is 12.1 Å². The lowest BCUT2D eigenvalue weighted by Gasteiger charge is -2.37. The highest BCUT2D eigenvalue weighted by Gasteiger charge is 2.33. The Labute approximate surface area is 205 Å². The highest BCUT2D eigenvalue weighted by molar-refractivity contribution is 5.94. The van der Waals surface area contributed by atoms with Gasteiger partial charge in [-0.25, -0.2) is 4.79 Å². The van der Waals surface area contributed by atoms with Gasteiger partial charge in [0.1, 0.15) is 12.4 Å². The van der Waals surface area contributed by atoms with E-state index in [0.717, 1.165) is 16.7 Å². The molecule has 4 rings (SSSR count). The highest BCUT2D eigenvalue weighted by Crippen LogP contribution is 2.39. The van der Waals surface area contributed by atoms with Crippen LogP contribution in [-0.2, 0) is 11.2 Å². The summed E-state index contributed by atoms with van der Waals surface area (Å²) in [4.78, 5) is 27.1. The first-order chi connectivity index (χ1) is 16.9. The summed E-state index contributed by atoms with van der Waals surface area (Å²) < 4.78 is 21.9. The average molecular weight is 476 g/mol. The Hall–Kier alpha value is -4.00. The second-order valence-electron chi connectivity index (χ2n) is 8.36. The third-order valence-electron chi connectivity index (χ3n) is 6.25. The van der Waals surface area contributed by atoms with Crippen LogP contribution in [0.5, 0.6) is 17.2 Å². The summed E-state index contributed by atoms with van der Waals surface area (Å²) in [5, 5.41) is 0. The lowest BCUT2D eigenvalue weighted by molar-refractivity contribution is 0.0583. The van der Waals surface area contributed by atoms with Crippen LogP contribution in [-0.4, -0.2) is 51.3 Å². The lowest BCUT2D eigenvalue weighted by Crippen LogP contribution is -2.42. The minimum Gasteiger partial charge on any atom is -0.493 e. The van der Waals surface area contributed by atoms with Crippen LogP contribution in [0.2, 0.25) is 0 Å². The molecule has 3 aromatic carbocycles. The zero-order valence-corrected chi connectivity index (χ0v) is 20.4. The van der Waals surface area contributed by atoms with Crippen molar-refractivity contribution in [3.8, 4) is 17.2 Å². The number of carbonyl (C=O) groups is 2. The zero-order chi connectivity index (χ0) is 24.9. The van der Waals surface area contributed by atoms with Crippen LogP contribution in [0.25, 0.3) is 0 Å². The number of methoxy groups -OCH3 is 3. The van der Waals surface area contributed by atoms with Crippen molar-refractivity contribution in [3.05, 3.63) is 88.5 Å². The van der Waals surface area contributed by atoms with Gasteiger partial charge < -0.3 is 23.8 Å². The number of esters is 1. The number of hydrogen-bond donors (Lipinski definition) is 0. The number of ether oxygens (including phenoxy) is 4. The molecule has 3 aromatic rings. The fourth-order valence-corrected chi connectivity index (χ4v) is 4.29. The van der Waals surface area contributed by atoms with Crippen LogP contribution in [0.4, 0.5) is 0 Å². The summed E-state index contributed by atoms with van der Waals surface area (Å²) >= 11 is 0. The zero-order valence-electron chi connectivity index (χ0n) is 20.4. The molecule has 0 fully saturated rings. The molecule has 7 heteroatoms. The normalized spacial score (nSPS) is 14.6. The molecule has 1 atom stereocenters. The molecule has 182 valence electrons. The van der Waals surface area contributed by atoms with E-state index in [9.17, 15) is 9.59 Å². The van der Waals surface area contributed by atoms with Gasteiger partial charge in [-0.1, -0.05) is 17.7 Å². The third-order valence-corrected chi connectivity index (χ3v) is 6.25. The van der Waals surface area contributed by atoms with E-state index < -0.39 is 5.97 Å². The van der Waals surface area contributed by atoms with Gasteiger partial charge in [-0.2, -0.15) is 0 Å². The van der Waals surface area contributed by atoms with Crippen molar-refractivity contribution in [2.24, 2.45) is 0 Å². The topological polar surface area (TPSA) is 74.3 Å². The van der Waals surface area contributed by atoms with Crippen molar-refractivity contribution in [1.82, 2.24) is 4.90 Å². The molecule has 0 radical (unpaired) electrons. The van der Waals surface area contributed by atoms with Crippen molar-refractivity contribution >= 4 is 11.9 Å². The Morgan fingerprint density at radius 1 is 0.886 bits per heavy atom. The second-order valence-corrected chi connectivity index (χ2v) is 8.36. The van der Waals surface area contributed by atoms with E-state index >= 15 is 0 Å². The number of aryl methyl sites for hydroxylation is 1. The predicted molar refractivity (Wildman–Crippen MR) is 131 cm³/mol. The summed E-state index contributed by atoms with van der Waals surface area (Å²) in [6, 6.07) is 17.9. The highest BCUT2D eigenvalue weighted by atomic mass is 16.5. The molecule has 1 aliphatic rings. The van der Waals surface area contributed by atoms with Crippen LogP contribution < -0.4 is 14.2 Å². The number of rotatable bonds is 7. The van der Waals surface area contributed by atoms with E-state index in [1.54, 1.807) is 38.5 Å². The largest absolute Gasteiger partial charge is 0.493 e. The molecule has 0 saturated heterocycles. The number of hydrogen-bond acceptors (Lipinski definition) is 6. The van der Waals surface area contributed by atoms with Crippen molar-refractivity contribution in [1.29, 1.82) is 0 Å². The maximum absolute atomic E-state index is 13.5. The molecule has 0 bridgehead atoms. The van der Waals surface area contributed by atoms with Crippen molar-refractivity contribution in [2.45, 2.75) is 19.4 Å². The first-order valence-corrected chi connectivity index (χ1v) is 11.4. The Kier molecular flexibility index (Phi) is 7.25. The van der Waals surface area contributed by atoms with Crippen LogP contribution in [0.1, 0.15) is 43.4 Å². The second kappa shape index (κ2) is 10.5. The van der Waals surface area contributed by atoms with E-state index in [2.05, 4.69) is 0 Å². The first-order valence-electron chi connectivity index (χ1n) is 11.4. The lowest BCUT2D eigenvalue weighted by atomic mass is 9.91. The van der Waals surface area contributed by atoms with E-state index in [4.69, 9.17) is 18.9 Å². The summed E-state index contributed by atoms with van der Waals surface area (Å²) in [5.41, 5.74) is 4.21. The van der Waals surface area contributed by atoms with Gasteiger partial charge >= 0.3 is 5.97 Å². The predicted octanol–water partition coefficient (Wildman–Crippen LogP) is 4.62. The number of fused-ring (bicyclic) bond motifs is 1. The number of benzene rings is 3. The smallest absolute Gasteiger partial charge is 0.337 e. The summed E-state index contributed by atoms with van der Waals surface area (Å²) in [6.07, 6.45) is 0.692. The summed E-state index contributed by atoms with van der Waals surface area (Å²) in [7, 11) is 4.55. The number of carbonyl (C=O) groups excluding carboxylic acids is 2. The summed E-state index contributed by atoms with van der Waals surface area (Å²) in [5.74, 6) is 1.38. The molecule has 1 unspecified atom stereocenters. The molecule has 0 aliphatic carbocycles. The molecule has 0 saturated carbocycles. The van der Waals surface area contributed by atoms with Gasteiger partial charge in [-0.05, 0) is 73.0 Å². The quantitative estimate of drug-likeness (QED) is 0.465. The van der Waals surface area contributed by atoms with Gasteiger partial charge in [0.15, 0.2) is 11.5 Å². The first kappa shape index (κ1) is 24.1.